The number of hydrogen-bond donors (Lipinski definition) is 1. The maximum atomic E-state index is 6.04. The molecule has 1 aromatic carbocycles. The van der Waals surface area contributed by atoms with Gasteiger partial charge in [0.05, 0.1) is 16.3 Å². The van der Waals surface area contributed by atoms with Gasteiger partial charge in [0.2, 0.25) is 5.88 Å². The van der Waals surface area contributed by atoms with Gasteiger partial charge in [0, 0.05) is 0 Å². The van der Waals surface area contributed by atoms with E-state index >= 15 is 0 Å². The lowest BCUT2D eigenvalue weighted by atomic mass is 10.1. The minimum absolute atomic E-state index is 0.220. The van der Waals surface area contributed by atoms with Gasteiger partial charge in [-0.15, -0.1) is 5.10 Å². The highest BCUT2D eigenvalue weighted by molar-refractivity contribution is 7.80. The average Bonchev–Trinajstić information content (AvgIpc) is 2.36. The molecule has 0 bridgehead atoms. The average molecular weight is 294 g/mol. The first kappa shape index (κ1) is 13.7. The number of rotatable bonds is 3. The van der Waals surface area contributed by atoms with Crippen molar-refractivity contribution in [2.24, 2.45) is 5.73 Å². The molecule has 0 aliphatic rings. The first-order chi connectivity index (χ1) is 9.00. The Hall–Kier alpha value is -1.72. The van der Waals surface area contributed by atoms with Crippen molar-refractivity contribution in [1.82, 2.24) is 10.2 Å². The van der Waals surface area contributed by atoms with Crippen LogP contribution in [0.25, 0.3) is 0 Å². The van der Waals surface area contributed by atoms with Gasteiger partial charge in [0.25, 0.3) is 0 Å². The summed E-state index contributed by atoms with van der Waals surface area (Å²) in [4.78, 5) is 0.220. The van der Waals surface area contributed by atoms with Crippen molar-refractivity contribution < 1.29 is 4.74 Å². The lowest BCUT2D eigenvalue weighted by molar-refractivity contribution is 0.453. The van der Waals surface area contributed by atoms with Crippen LogP contribution in [-0.2, 0) is 0 Å². The molecule has 0 unspecified atom stereocenters. The van der Waals surface area contributed by atoms with Gasteiger partial charge in [-0.3, -0.25) is 0 Å². The zero-order chi connectivity index (χ0) is 14.0. The van der Waals surface area contributed by atoms with E-state index in [-0.39, 0.29) is 10.9 Å². The van der Waals surface area contributed by atoms with Gasteiger partial charge in [-0.1, -0.05) is 36.0 Å². The highest BCUT2D eigenvalue weighted by Crippen LogP contribution is 2.30. The lowest BCUT2D eigenvalue weighted by Gasteiger charge is -2.12. The number of thiocarbonyl (C=S) groups is 1. The van der Waals surface area contributed by atoms with E-state index in [1.54, 1.807) is 12.1 Å². The number of halogens is 1. The summed E-state index contributed by atoms with van der Waals surface area (Å²) in [5, 5.41) is 8.50. The molecule has 4 nitrogen and oxygen atoms in total. The van der Waals surface area contributed by atoms with Crippen LogP contribution in [0.15, 0.2) is 24.3 Å². The topological polar surface area (TPSA) is 61.0 Å². The van der Waals surface area contributed by atoms with Crippen LogP contribution in [0.1, 0.15) is 16.8 Å². The minimum Gasteiger partial charge on any atom is -0.435 e. The van der Waals surface area contributed by atoms with Gasteiger partial charge in [0.15, 0.2) is 0 Å². The van der Waals surface area contributed by atoms with Gasteiger partial charge < -0.3 is 10.5 Å². The summed E-state index contributed by atoms with van der Waals surface area (Å²) >= 11 is 11.1. The summed E-state index contributed by atoms with van der Waals surface area (Å²) in [6.45, 7) is 3.71. The van der Waals surface area contributed by atoms with Crippen LogP contribution in [0.5, 0.6) is 11.6 Å². The molecule has 0 aliphatic heterocycles. The van der Waals surface area contributed by atoms with Crippen molar-refractivity contribution in [3.63, 3.8) is 0 Å². The summed E-state index contributed by atoms with van der Waals surface area (Å²) < 4.78 is 5.66. The molecule has 6 heteroatoms. The predicted molar refractivity (Wildman–Crippen MR) is 78.9 cm³/mol. The third-order valence-electron chi connectivity index (χ3n) is 2.71. The van der Waals surface area contributed by atoms with E-state index in [9.17, 15) is 0 Å². The summed E-state index contributed by atoms with van der Waals surface area (Å²) in [7, 11) is 0. The number of ether oxygens (including phenoxy) is 1. The van der Waals surface area contributed by atoms with E-state index in [0.29, 0.717) is 16.3 Å². The fourth-order valence-corrected chi connectivity index (χ4v) is 1.99. The number of hydrogen-bond acceptors (Lipinski definition) is 4. The highest BCUT2D eigenvalue weighted by atomic mass is 35.5. The second-order valence-corrected chi connectivity index (χ2v) is 4.83. The van der Waals surface area contributed by atoms with Gasteiger partial charge in [-0.2, -0.15) is 5.10 Å². The fraction of sp³-hybridized carbons (Fsp3) is 0.154. The zero-order valence-corrected chi connectivity index (χ0v) is 12.0. The molecule has 0 fully saturated rings. The summed E-state index contributed by atoms with van der Waals surface area (Å²) in [6.07, 6.45) is 0. The molecule has 0 saturated carbocycles. The molecule has 0 spiro atoms. The first-order valence-electron chi connectivity index (χ1n) is 5.56. The second-order valence-electron chi connectivity index (χ2n) is 3.99. The van der Waals surface area contributed by atoms with Crippen LogP contribution in [0.2, 0.25) is 5.02 Å². The first-order valence-corrected chi connectivity index (χ1v) is 6.35. The van der Waals surface area contributed by atoms with E-state index in [1.165, 1.54) is 0 Å². The Bertz CT molecular complexity index is 646. The molecule has 0 saturated heterocycles. The monoisotopic (exact) mass is 293 g/mol. The maximum absolute atomic E-state index is 6.04. The maximum Gasteiger partial charge on any atom is 0.249 e. The number of aryl methyl sites for hydroxylation is 1. The van der Waals surface area contributed by atoms with Crippen molar-refractivity contribution in [3.05, 3.63) is 46.1 Å². The Morgan fingerprint density at radius 1 is 1.26 bits per heavy atom. The van der Waals surface area contributed by atoms with E-state index in [1.807, 2.05) is 26.0 Å². The van der Waals surface area contributed by atoms with Crippen LogP contribution >= 0.6 is 23.8 Å². The van der Waals surface area contributed by atoms with Crippen LogP contribution in [0.3, 0.4) is 0 Å². The lowest BCUT2D eigenvalue weighted by Crippen LogP contribution is -2.15. The quantitative estimate of drug-likeness (QED) is 0.881. The minimum atomic E-state index is 0.220. The number of benzene rings is 1. The van der Waals surface area contributed by atoms with Crippen molar-refractivity contribution in [3.8, 4) is 11.6 Å². The van der Waals surface area contributed by atoms with E-state index < -0.39 is 0 Å². The standard InChI is InChI=1S/C13H12ClN3OS/c1-7-8(2)16-17-13(11(7)12(15)19)18-10-6-4-3-5-9(10)14/h3-6H,1-2H3,(H2,15,19). The van der Waals surface area contributed by atoms with Crippen LogP contribution in [-0.4, -0.2) is 15.2 Å². The molecule has 19 heavy (non-hydrogen) atoms. The summed E-state index contributed by atoms with van der Waals surface area (Å²) in [5.74, 6) is 0.753. The van der Waals surface area contributed by atoms with Crippen LogP contribution < -0.4 is 10.5 Å². The molecule has 1 aromatic heterocycles. The van der Waals surface area contributed by atoms with E-state index in [4.69, 9.17) is 34.3 Å². The summed E-state index contributed by atoms with van der Waals surface area (Å²) in [5.41, 5.74) is 7.92. The Kier molecular flexibility index (Phi) is 3.97. The van der Waals surface area contributed by atoms with Gasteiger partial charge in [-0.25, -0.2) is 0 Å². The molecule has 98 valence electrons. The van der Waals surface area contributed by atoms with Gasteiger partial charge in [-0.05, 0) is 31.5 Å². The second kappa shape index (κ2) is 5.50. The number of para-hydroxylation sites is 1. The Balaban J connectivity index is 2.49. The number of nitrogens with zero attached hydrogens (tertiary/aromatic N) is 2. The van der Waals surface area contributed by atoms with Crippen LogP contribution in [0, 0.1) is 13.8 Å². The SMILES string of the molecule is Cc1nnc(Oc2ccccc2Cl)c(C(N)=S)c1C. The molecular weight excluding hydrogens is 282 g/mol. The van der Waals surface area contributed by atoms with E-state index in [0.717, 1.165) is 11.3 Å². The molecule has 0 radical (unpaired) electrons. The van der Waals surface area contributed by atoms with Crippen molar-refractivity contribution >= 4 is 28.8 Å². The van der Waals surface area contributed by atoms with Crippen molar-refractivity contribution in [1.29, 1.82) is 0 Å². The Morgan fingerprint density at radius 2 is 1.95 bits per heavy atom. The van der Waals surface area contributed by atoms with E-state index in [2.05, 4.69) is 10.2 Å². The Morgan fingerprint density at radius 3 is 2.58 bits per heavy atom. The molecule has 2 N–H and O–H groups in total. The third-order valence-corrected chi connectivity index (χ3v) is 3.23. The highest BCUT2D eigenvalue weighted by Gasteiger charge is 2.16. The molecule has 2 rings (SSSR count). The van der Waals surface area contributed by atoms with Crippen LogP contribution in [0.4, 0.5) is 0 Å². The number of nitrogens with two attached hydrogens (primary N) is 1. The predicted octanol–water partition coefficient (Wildman–Crippen LogP) is 3.17. The fourth-order valence-electron chi connectivity index (χ4n) is 1.58. The molecule has 0 atom stereocenters. The largest absolute Gasteiger partial charge is 0.435 e. The third kappa shape index (κ3) is 2.83. The summed E-state index contributed by atoms with van der Waals surface area (Å²) in [6, 6.07) is 7.10. The molecule has 1 heterocycles. The molecular formula is C13H12ClN3OS. The normalized spacial score (nSPS) is 10.3. The van der Waals surface area contributed by atoms with Gasteiger partial charge in [0.1, 0.15) is 10.7 Å². The van der Waals surface area contributed by atoms with Gasteiger partial charge >= 0.3 is 0 Å². The molecule has 0 aliphatic carbocycles. The Labute approximate surface area is 121 Å². The zero-order valence-electron chi connectivity index (χ0n) is 10.5. The number of aromatic nitrogens is 2. The van der Waals surface area contributed by atoms with Crippen molar-refractivity contribution in [2.75, 3.05) is 0 Å². The smallest absolute Gasteiger partial charge is 0.249 e. The van der Waals surface area contributed by atoms with Crippen molar-refractivity contribution in [2.45, 2.75) is 13.8 Å². The molecule has 0 amide bonds. The molecule has 2 aromatic rings.